The number of hydrogen-bond donors (Lipinski definition) is 2. The molecule has 1 unspecified atom stereocenters. The number of aliphatic carboxylic acids is 1. The van der Waals surface area contributed by atoms with Crippen molar-refractivity contribution < 1.29 is 23.1 Å². The molecule has 0 aliphatic rings. The highest BCUT2D eigenvalue weighted by Crippen LogP contribution is 2.06. The second-order valence-electron chi connectivity index (χ2n) is 4.46. The Morgan fingerprint density at radius 3 is 2.62 bits per heavy atom. The quantitative estimate of drug-likeness (QED) is 0.534. The van der Waals surface area contributed by atoms with Crippen molar-refractivity contribution in [3.8, 4) is 6.07 Å². The van der Waals surface area contributed by atoms with E-state index in [2.05, 4.69) is 4.72 Å². The monoisotopic (exact) mass is 321 g/mol. The summed E-state index contributed by atoms with van der Waals surface area (Å²) in [6.45, 7) is 2.12. The van der Waals surface area contributed by atoms with E-state index in [0.29, 0.717) is 6.42 Å². The number of carboxylic acid groups (broad SMARTS) is 1. The topological polar surface area (TPSA) is 120 Å². The van der Waals surface area contributed by atoms with Gasteiger partial charge in [-0.15, -0.1) is 0 Å². The number of carboxylic acids is 1. The molecule has 1 atom stereocenters. The maximum atomic E-state index is 12.2. The molecule has 0 aromatic rings. The van der Waals surface area contributed by atoms with Crippen LogP contribution >= 0.6 is 0 Å². The zero-order valence-electron chi connectivity index (χ0n) is 12.4. The van der Waals surface area contributed by atoms with Gasteiger partial charge in [0.2, 0.25) is 0 Å². The van der Waals surface area contributed by atoms with Gasteiger partial charge in [-0.2, -0.15) is 22.7 Å². The molecule has 122 valence electrons. The number of hydrogen-bond acceptors (Lipinski definition) is 5. The maximum absolute atomic E-state index is 12.2. The molecule has 0 radical (unpaired) electrons. The van der Waals surface area contributed by atoms with Crippen LogP contribution in [0.4, 0.5) is 0 Å². The van der Waals surface area contributed by atoms with E-state index in [-0.39, 0.29) is 32.5 Å². The van der Waals surface area contributed by atoms with E-state index in [1.165, 1.54) is 7.11 Å². The first-order valence-corrected chi connectivity index (χ1v) is 8.19. The van der Waals surface area contributed by atoms with Gasteiger partial charge in [0.05, 0.1) is 12.7 Å². The minimum atomic E-state index is -3.97. The summed E-state index contributed by atoms with van der Waals surface area (Å²) >= 11 is 0. The molecule has 0 fully saturated rings. The number of unbranched alkanes of at least 4 members (excludes halogenated alkanes) is 1. The second-order valence-corrected chi connectivity index (χ2v) is 6.16. The van der Waals surface area contributed by atoms with Gasteiger partial charge >= 0.3 is 5.97 Å². The number of ether oxygens (including phenoxy) is 1. The Hall–Kier alpha value is -1.21. The predicted octanol–water partition coefficient (Wildman–Crippen LogP) is 0.326. The molecule has 8 nitrogen and oxygen atoms in total. The van der Waals surface area contributed by atoms with Gasteiger partial charge in [0.15, 0.2) is 0 Å². The van der Waals surface area contributed by atoms with E-state index in [9.17, 15) is 13.2 Å². The predicted molar refractivity (Wildman–Crippen MR) is 76.7 cm³/mol. The summed E-state index contributed by atoms with van der Waals surface area (Å²) in [4.78, 5) is 11.1. The van der Waals surface area contributed by atoms with Crippen molar-refractivity contribution in [3.63, 3.8) is 0 Å². The Morgan fingerprint density at radius 2 is 2.14 bits per heavy atom. The summed E-state index contributed by atoms with van der Waals surface area (Å²) in [6.07, 6.45) is 1.63. The molecule has 0 heterocycles. The summed E-state index contributed by atoms with van der Waals surface area (Å²) in [6, 6.07) is 0.701. The number of rotatable bonds is 12. The highest BCUT2D eigenvalue weighted by atomic mass is 32.2. The van der Waals surface area contributed by atoms with Gasteiger partial charge in [0.1, 0.15) is 6.04 Å². The summed E-state index contributed by atoms with van der Waals surface area (Å²) in [5, 5.41) is 17.6. The van der Waals surface area contributed by atoms with Crippen molar-refractivity contribution in [2.45, 2.75) is 38.6 Å². The first-order valence-electron chi connectivity index (χ1n) is 6.75. The minimum Gasteiger partial charge on any atom is -0.480 e. The summed E-state index contributed by atoms with van der Waals surface area (Å²) < 4.78 is 32.5. The number of nitrogens with zero attached hydrogens (tertiary/aromatic N) is 2. The molecule has 0 aliphatic heterocycles. The van der Waals surface area contributed by atoms with E-state index < -0.39 is 22.2 Å². The zero-order chi connectivity index (χ0) is 16.3. The van der Waals surface area contributed by atoms with Crippen LogP contribution < -0.4 is 4.72 Å². The van der Waals surface area contributed by atoms with Crippen LogP contribution in [-0.4, -0.2) is 56.6 Å². The normalized spacial score (nSPS) is 13.0. The van der Waals surface area contributed by atoms with Gasteiger partial charge in [-0.1, -0.05) is 19.8 Å². The molecule has 0 aliphatic carbocycles. The number of carbonyl (C=O) groups is 1. The van der Waals surface area contributed by atoms with E-state index in [4.69, 9.17) is 15.1 Å². The molecule has 0 aromatic carbocycles. The molecule has 0 rings (SSSR count). The summed E-state index contributed by atoms with van der Waals surface area (Å²) in [5.74, 6) is -1.21. The molecule has 0 aromatic heterocycles. The van der Waals surface area contributed by atoms with E-state index >= 15 is 0 Å². The lowest BCUT2D eigenvalue weighted by Crippen LogP contribution is -2.49. The van der Waals surface area contributed by atoms with Gasteiger partial charge in [-0.25, -0.2) is 0 Å². The molecule has 0 spiro atoms. The first kappa shape index (κ1) is 19.8. The van der Waals surface area contributed by atoms with Gasteiger partial charge in [-0.05, 0) is 6.42 Å². The van der Waals surface area contributed by atoms with E-state index in [1.807, 2.05) is 13.0 Å². The lowest BCUT2D eigenvalue weighted by molar-refractivity contribution is -0.139. The Balaban J connectivity index is 4.90. The van der Waals surface area contributed by atoms with Crippen LogP contribution in [0.2, 0.25) is 0 Å². The van der Waals surface area contributed by atoms with Crippen molar-refractivity contribution in [1.29, 1.82) is 5.26 Å². The smallest absolute Gasteiger partial charge is 0.321 e. The van der Waals surface area contributed by atoms with Gasteiger partial charge in [0, 0.05) is 26.6 Å². The fourth-order valence-electron chi connectivity index (χ4n) is 1.62. The summed E-state index contributed by atoms with van der Waals surface area (Å²) in [5.41, 5.74) is 0. The average Bonchev–Trinajstić information content (AvgIpc) is 2.42. The van der Waals surface area contributed by atoms with E-state index in [1.54, 1.807) is 0 Å². The third kappa shape index (κ3) is 7.96. The van der Waals surface area contributed by atoms with Gasteiger partial charge in [0.25, 0.3) is 10.2 Å². The van der Waals surface area contributed by atoms with Crippen molar-refractivity contribution >= 4 is 16.2 Å². The molecular weight excluding hydrogens is 298 g/mol. The highest BCUT2D eigenvalue weighted by Gasteiger charge is 2.28. The Bertz CT molecular complexity index is 446. The lowest BCUT2D eigenvalue weighted by Gasteiger charge is -2.23. The standard InChI is InChI=1S/C12H23N3O5S/c1-3-4-6-11(12(16)17)14-21(18,19)15(8-5-7-13)9-10-20-2/h11,14H,3-6,8-10H2,1-2H3,(H,16,17). The van der Waals surface area contributed by atoms with Crippen LogP contribution in [0.1, 0.15) is 32.6 Å². The van der Waals surface area contributed by atoms with Crippen LogP contribution in [0.15, 0.2) is 0 Å². The number of nitriles is 1. The van der Waals surface area contributed by atoms with Crippen molar-refractivity contribution in [1.82, 2.24) is 9.03 Å². The highest BCUT2D eigenvalue weighted by molar-refractivity contribution is 7.87. The maximum Gasteiger partial charge on any atom is 0.321 e. The minimum absolute atomic E-state index is 0.00465. The molecule has 0 amide bonds. The molecule has 9 heteroatoms. The van der Waals surface area contributed by atoms with Crippen LogP contribution in [0, 0.1) is 11.3 Å². The van der Waals surface area contributed by atoms with Crippen molar-refractivity contribution in [2.24, 2.45) is 0 Å². The Labute approximate surface area is 125 Å². The molecule has 2 N–H and O–H groups in total. The third-order valence-electron chi connectivity index (χ3n) is 2.79. The molecule has 0 bridgehead atoms. The molecular formula is C12H23N3O5S. The van der Waals surface area contributed by atoms with Gasteiger partial charge in [-0.3, -0.25) is 4.79 Å². The number of methoxy groups -OCH3 is 1. The van der Waals surface area contributed by atoms with Crippen LogP contribution in [0.3, 0.4) is 0 Å². The zero-order valence-corrected chi connectivity index (χ0v) is 13.2. The van der Waals surface area contributed by atoms with Crippen molar-refractivity contribution in [3.05, 3.63) is 0 Å². The largest absolute Gasteiger partial charge is 0.480 e. The SMILES string of the molecule is CCCCC(NS(=O)(=O)N(CCC#N)CCOC)C(=O)O. The number of nitrogens with one attached hydrogen (secondary N) is 1. The van der Waals surface area contributed by atoms with Crippen molar-refractivity contribution in [2.75, 3.05) is 26.8 Å². The van der Waals surface area contributed by atoms with Gasteiger partial charge < -0.3 is 9.84 Å². The Morgan fingerprint density at radius 1 is 1.48 bits per heavy atom. The first-order chi connectivity index (χ1) is 9.88. The third-order valence-corrected chi connectivity index (χ3v) is 4.42. The molecule has 0 saturated heterocycles. The van der Waals surface area contributed by atoms with Crippen LogP contribution in [0.5, 0.6) is 0 Å². The lowest BCUT2D eigenvalue weighted by atomic mass is 10.1. The molecule has 21 heavy (non-hydrogen) atoms. The average molecular weight is 321 g/mol. The molecule has 0 saturated carbocycles. The van der Waals surface area contributed by atoms with E-state index in [0.717, 1.165) is 10.7 Å². The fraction of sp³-hybridized carbons (Fsp3) is 0.833. The van der Waals surface area contributed by atoms with Crippen LogP contribution in [0.25, 0.3) is 0 Å². The summed E-state index contributed by atoms with van der Waals surface area (Å²) in [7, 11) is -2.54. The van der Waals surface area contributed by atoms with Crippen LogP contribution in [-0.2, 0) is 19.7 Å². The fourth-order valence-corrected chi connectivity index (χ4v) is 2.99. The Kier molecular flexibility index (Phi) is 9.90. The second kappa shape index (κ2) is 10.5.